The number of anilines is 2. The molecule has 10 nitrogen and oxygen atoms in total. The van der Waals surface area contributed by atoms with Crippen LogP contribution in [0.5, 0.6) is 11.5 Å². The van der Waals surface area contributed by atoms with Crippen molar-refractivity contribution in [2.45, 2.75) is 38.4 Å². The van der Waals surface area contributed by atoms with Gasteiger partial charge in [-0.3, -0.25) is 14.4 Å². The third-order valence-electron chi connectivity index (χ3n) is 7.51. The van der Waals surface area contributed by atoms with E-state index in [4.69, 9.17) is 35.7 Å². The Morgan fingerprint density at radius 1 is 1.02 bits per heavy atom. The van der Waals surface area contributed by atoms with Crippen LogP contribution in [0.3, 0.4) is 0 Å². The van der Waals surface area contributed by atoms with Gasteiger partial charge in [0.1, 0.15) is 0 Å². The molecule has 0 saturated heterocycles. The molecule has 2 atom stereocenters. The molecule has 0 bridgehead atoms. The lowest BCUT2D eigenvalue weighted by Gasteiger charge is -2.29. The Bertz CT molecular complexity index is 1640. The second kappa shape index (κ2) is 12.1. The van der Waals surface area contributed by atoms with Gasteiger partial charge in [0.05, 0.1) is 23.4 Å². The minimum atomic E-state index is -0.675. The van der Waals surface area contributed by atoms with Crippen LogP contribution in [0.2, 0.25) is 5.02 Å². The van der Waals surface area contributed by atoms with Gasteiger partial charge in [0, 0.05) is 29.7 Å². The summed E-state index contributed by atoms with van der Waals surface area (Å²) in [5.74, 6) is -0.159. The minimum absolute atomic E-state index is 0.0713. The van der Waals surface area contributed by atoms with Crippen LogP contribution < -0.4 is 19.7 Å². The number of allylic oxidation sites excluding steroid dienone is 1. The summed E-state index contributed by atoms with van der Waals surface area (Å²) in [5, 5.41) is 12.3. The molecule has 2 N–H and O–H groups in total. The number of hydrogen-bond donors (Lipinski definition) is 2. The molecule has 3 aromatic carbocycles. The van der Waals surface area contributed by atoms with Crippen LogP contribution in [0.4, 0.5) is 11.4 Å². The largest absolute Gasteiger partial charge is 0.459 e. The summed E-state index contributed by atoms with van der Waals surface area (Å²) in [6, 6.07) is 15.2. The molecule has 222 valence electrons. The van der Waals surface area contributed by atoms with Crippen LogP contribution in [0.1, 0.15) is 57.0 Å². The van der Waals surface area contributed by atoms with E-state index in [9.17, 15) is 14.4 Å². The smallest absolute Gasteiger partial charge is 0.290 e. The Kier molecular flexibility index (Phi) is 8.07. The maximum absolute atomic E-state index is 13.4. The highest BCUT2D eigenvalue weighted by atomic mass is 35.5. The first-order valence-corrected chi connectivity index (χ1v) is 14.3. The van der Waals surface area contributed by atoms with E-state index in [1.165, 1.54) is 6.07 Å². The predicted molar refractivity (Wildman–Crippen MR) is 158 cm³/mol. The number of halogens is 1. The van der Waals surface area contributed by atoms with Gasteiger partial charge in [-0.2, -0.15) is 0 Å². The SMILES string of the molecule is Cc1cc(NC(=O)C2=C[C@@H](c3ccc4c(c3)OCO4)C[C@@H](OCCCCO)O2)ccc1N1C(=O)c2ccc(Cl)cc2C1=O. The van der Waals surface area contributed by atoms with Crippen molar-refractivity contribution in [1.29, 1.82) is 0 Å². The molecule has 0 aromatic heterocycles. The zero-order valence-electron chi connectivity index (χ0n) is 23.3. The number of ether oxygens (including phenoxy) is 4. The number of benzene rings is 3. The highest BCUT2D eigenvalue weighted by Gasteiger charge is 2.37. The van der Waals surface area contributed by atoms with Crippen molar-refractivity contribution in [1.82, 2.24) is 0 Å². The maximum Gasteiger partial charge on any atom is 0.290 e. The molecule has 3 aliphatic heterocycles. The molecule has 6 rings (SSSR count). The van der Waals surface area contributed by atoms with Crippen LogP contribution >= 0.6 is 11.6 Å². The molecule has 0 fully saturated rings. The van der Waals surface area contributed by atoms with Crippen LogP contribution in [-0.4, -0.2) is 49.1 Å². The lowest BCUT2D eigenvalue weighted by atomic mass is 9.92. The topological polar surface area (TPSA) is 124 Å². The third-order valence-corrected chi connectivity index (χ3v) is 7.74. The normalized spacial score (nSPS) is 18.8. The Labute approximate surface area is 252 Å². The summed E-state index contributed by atoms with van der Waals surface area (Å²) in [6.07, 6.45) is 2.82. The van der Waals surface area contributed by atoms with Crippen molar-refractivity contribution in [3.63, 3.8) is 0 Å². The average Bonchev–Trinajstić information content (AvgIpc) is 3.57. The Balaban J connectivity index is 1.20. The van der Waals surface area contributed by atoms with E-state index in [0.29, 0.717) is 59.3 Å². The fourth-order valence-electron chi connectivity index (χ4n) is 5.33. The van der Waals surface area contributed by atoms with Gasteiger partial charge in [0.25, 0.3) is 17.7 Å². The maximum atomic E-state index is 13.4. The second-order valence-electron chi connectivity index (χ2n) is 10.4. The first kappa shape index (κ1) is 28.7. The molecule has 3 aromatic rings. The first-order chi connectivity index (χ1) is 20.8. The predicted octanol–water partition coefficient (Wildman–Crippen LogP) is 5.32. The van der Waals surface area contributed by atoms with Crippen molar-refractivity contribution < 1.29 is 38.4 Å². The Hall–Kier alpha value is -4.38. The van der Waals surface area contributed by atoms with Crippen LogP contribution in [-0.2, 0) is 14.3 Å². The molecular formula is C32H29ClN2O8. The monoisotopic (exact) mass is 604 g/mol. The lowest BCUT2D eigenvalue weighted by Crippen LogP contribution is -2.30. The van der Waals surface area contributed by atoms with Crippen LogP contribution in [0.25, 0.3) is 0 Å². The number of aryl methyl sites for hydroxylation is 1. The number of amides is 3. The van der Waals surface area contributed by atoms with Gasteiger partial charge in [0.2, 0.25) is 13.1 Å². The summed E-state index contributed by atoms with van der Waals surface area (Å²) in [6.45, 7) is 2.36. The molecule has 0 unspecified atom stereocenters. The minimum Gasteiger partial charge on any atom is -0.459 e. The number of nitrogens with one attached hydrogen (secondary N) is 1. The van der Waals surface area contributed by atoms with Crippen LogP contribution in [0.15, 0.2) is 66.4 Å². The first-order valence-electron chi connectivity index (χ1n) is 13.9. The van der Waals surface area contributed by atoms with Crippen molar-refractivity contribution in [3.05, 3.63) is 93.7 Å². The Morgan fingerprint density at radius 3 is 2.65 bits per heavy atom. The van der Waals surface area contributed by atoms with Crippen LogP contribution in [0, 0.1) is 6.92 Å². The summed E-state index contributed by atoms with van der Waals surface area (Å²) < 4.78 is 22.8. The molecule has 43 heavy (non-hydrogen) atoms. The summed E-state index contributed by atoms with van der Waals surface area (Å²) in [5.41, 5.74) is 2.94. The summed E-state index contributed by atoms with van der Waals surface area (Å²) in [4.78, 5) is 40.6. The van der Waals surface area contributed by atoms with Crippen molar-refractivity contribution in [3.8, 4) is 11.5 Å². The summed E-state index contributed by atoms with van der Waals surface area (Å²) in [7, 11) is 0. The third kappa shape index (κ3) is 5.81. The number of fused-ring (bicyclic) bond motifs is 2. The van der Waals surface area contributed by atoms with Gasteiger partial charge in [0.15, 0.2) is 17.3 Å². The highest BCUT2D eigenvalue weighted by molar-refractivity contribution is 6.37. The van der Waals surface area contributed by atoms with Gasteiger partial charge in [-0.1, -0.05) is 17.7 Å². The zero-order valence-corrected chi connectivity index (χ0v) is 24.1. The Morgan fingerprint density at radius 2 is 1.84 bits per heavy atom. The average molecular weight is 605 g/mol. The molecule has 3 aliphatic rings. The number of aliphatic hydroxyl groups is 1. The standard InChI is InChI=1S/C32H29ClN2O8/c1-18-12-22(6-8-25(18)35-31(38)23-7-5-21(33)16-24(23)32(35)39)34-30(37)28-14-20(15-29(43-28)40-11-3-2-10-36)19-4-9-26-27(13-19)42-17-41-26/h4-9,12-14,16,20,29,36H,2-3,10-11,15,17H2,1H3,(H,34,37)/t20-,29+/m1/s1. The molecule has 3 heterocycles. The second-order valence-corrected chi connectivity index (χ2v) is 10.9. The number of unbranched alkanes of at least 4 members (excludes halogenated alkanes) is 1. The highest BCUT2D eigenvalue weighted by Crippen LogP contribution is 2.39. The van der Waals surface area contributed by atoms with E-state index >= 15 is 0 Å². The fourth-order valence-corrected chi connectivity index (χ4v) is 5.50. The van der Waals surface area contributed by atoms with Gasteiger partial charge in [-0.05, 0) is 85.5 Å². The lowest BCUT2D eigenvalue weighted by molar-refractivity contribution is -0.143. The number of carbonyl (C=O) groups excluding carboxylic acids is 3. The molecule has 0 saturated carbocycles. The number of hydrogen-bond acceptors (Lipinski definition) is 8. The number of rotatable bonds is 9. The summed E-state index contributed by atoms with van der Waals surface area (Å²) >= 11 is 6.04. The van der Waals surface area contributed by atoms with Crippen molar-refractivity contribution in [2.24, 2.45) is 0 Å². The molecule has 0 radical (unpaired) electrons. The zero-order chi connectivity index (χ0) is 30.1. The molecule has 0 aliphatic carbocycles. The van der Waals surface area contributed by atoms with Gasteiger partial charge < -0.3 is 29.4 Å². The molecular weight excluding hydrogens is 576 g/mol. The fraction of sp³-hybridized carbons (Fsp3) is 0.281. The van der Waals surface area contributed by atoms with E-state index in [0.717, 1.165) is 10.5 Å². The van der Waals surface area contributed by atoms with Gasteiger partial charge in [-0.25, -0.2) is 4.90 Å². The number of imide groups is 1. The van der Waals surface area contributed by atoms with E-state index in [1.54, 1.807) is 43.3 Å². The number of nitrogens with zero attached hydrogens (tertiary/aromatic N) is 1. The molecule has 11 heteroatoms. The van der Waals surface area contributed by atoms with E-state index in [1.807, 2.05) is 18.2 Å². The van der Waals surface area contributed by atoms with Crippen molar-refractivity contribution in [2.75, 3.05) is 30.2 Å². The number of carbonyl (C=O) groups is 3. The van der Waals surface area contributed by atoms with E-state index in [-0.39, 0.29) is 36.2 Å². The number of aliphatic hydroxyl groups excluding tert-OH is 1. The van der Waals surface area contributed by atoms with Crippen molar-refractivity contribution >= 4 is 40.7 Å². The molecule has 3 amide bonds. The van der Waals surface area contributed by atoms with E-state index in [2.05, 4.69) is 5.32 Å². The quantitative estimate of drug-likeness (QED) is 0.248. The molecule has 0 spiro atoms. The van der Waals surface area contributed by atoms with Gasteiger partial charge in [-0.15, -0.1) is 0 Å². The van der Waals surface area contributed by atoms with Gasteiger partial charge >= 0.3 is 0 Å². The van der Waals surface area contributed by atoms with E-state index < -0.39 is 24.0 Å².